The second-order valence-electron chi connectivity index (χ2n) is 7.56. The summed E-state index contributed by atoms with van der Waals surface area (Å²) in [6, 6.07) is 16.3. The van der Waals surface area contributed by atoms with Crippen LogP contribution in [0.3, 0.4) is 0 Å². The van der Waals surface area contributed by atoms with Gasteiger partial charge in [0.25, 0.3) is 0 Å². The van der Waals surface area contributed by atoms with E-state index in [9.17, 15) is 9.59 Å². The van der Waals surface area contributed by atoms with E-state index in [2.05, 4.69) is 15.0 Å². The van der Waals surface area contributed by atoms with Gasteiger partial charge in [-0.25, -0.2) is 4.79 Å². The predicted octanol–water partition coefficient (Wildman–Crippen LogP) is 7.05. The lowest BCUT2D eigenvalue weighted by molar-refractivity contribution is 0.108. The second-order valence-corrected chi connectivity index (χ2v) is 9.01. The number of rotatable bonds is 7. The van der Waals surface area contributed by atoms with E-state index in [1.807, 2.05) is 0 Å². The first-order valence-corrected chi connectivity index (χ1v) is 12.6. The quantitative estimate of drug-likeness (QED) is 0.185. The predicted molar refractivity (Wildman–Crippen MR) is 146 cm³/mol. The molecule has 0 aliphatic heterocycles. The van der Waals surface area contributed by atoms with E-state index in [0.29, 0.717) is 63.0 Å². The number of aromatic nitrogens is 1. The minimum Gasteiger partial charge on any atom is -0.493 e. The van der Waals surface area contributed by atoms with E-state index in [0.717, 1.165) is 5.56 Å². The molecule has 37 heavy (non-hydrogen) atoms. The van der Waals surface area contributed by atoms with Gasteiger partial charge in [0, 0.05) is 46.7 Å². The minimum atomic E-state index is -0.582. The van der Waals surface area contributed by atoms with Gasteiger partial charge in [-0.1, -0.05) is 35.9 Å². The van der Waals surface area contributed by atoms with Gasteiger partial charge in [-0.2, -0.15) is 0 Å². The third-order valence-electron chi connectivity index (χ3n) is 5.20. The highest BCUT2D eigenvalue weighted by Gasteiger charge is 2.14. The van der Waals surface area contributed by atoms with Gasteiger partial charge in [0.15, 0.2) is 11.5 Å². The maximum absolute atomic E-state index is 12.3. The van der Waals surface area contributed by atoms with Crippen molar-refractivity contribution in [1.82, 2.24) is 9.71 Å². The van der Waals surface area contributed by atoms with Gasteiger partial charge in [-0.15, -0.1) is 11.6 Å². The molecule has 4 aromatic rings. The van der Waals surface area contributed by atoms with E-state index in [4.69, 9.17) is 37.4 Å². The van der Waals surface area contributed by atoms with Gasteiger partial charge in [0.05, 0.1) is 24.8 Å². The summed E-state index contributed by atoms with van der Waals surface area (Å²) >= 11 is 12.9. The zero-order valence-electron chi connectivity index (χ0n) is 19.7. The molecule has 3 aromatic carbocycles. The van der Waals surface area contributed by atoms with Crippen molar-refractivity contribution in [1.29, 1.82) is 0 Å². The number of urea groups is 1. The number of anilines is 1. The number of benzene rings is 3. The number of methoxy groups -OCH3 is 2. The number of fused-ring (bicyclic) bond motifs is 1. The van der Waals surface area contributed by atoms with Crippen LogP contribution in [0.25, 0.3) is 10.9 Å². The average Bonchev–Trinajstić information content (AvgIpc) is 2.92. The molecule has 2 amide bonds. The van der Waals surface area contributed by atoms with Gasteiger partial charge in [0.2, 0.25) is 5.12 Å². The van der Waals surface area contributed by atoms with Crippen molar-refractivity contribution in [3.8, 4) is 23.0 Å². The Morgan fingerprint density at radius 2 is 1.65 bits per heavy atom. The number of carbonyl (C=O) groups excluding carboxylic acids is 2. The van der Waals surface area contributed by atoms with Crippen molar-refractivity contribution < 1.29 is 23.8 Å². The first kappa shape index (κ1) is 26.4. The number of hydrogen-bond acceptors (Lipinski definition) is 7. The Labute approximate surface area is 227 Å². The molecule has 0 saturated heterocycles. The van der Waals surface area contributed by atoms with Crippen molar-refractivity contribution in [2.45, 2.75) is 5.88 Å². The molecule has 0 fully saturated rings. The van der Waals surface area contributed by atoms with Crippen molar-refractivity contribution in [2.75, 3.05) is 19.5 Å². The molecule has 11 heteroatoms. The van der Waals surface area contributed by atoms with Crippen LogP contribution in [0.2, 0.25) is 5.02 Å². The molecule has 0 aliphatic carbocycles. The molecule has 0 saturated carbocycles. The Hall–Kier alpha value is -3.66. The van der Waals surface area contributed by atoms with Crippen LogP contribution in [0.1, 0.15) is 15.9 Å². The monoisotopic (exact) mass is 557 g/mol. The van der Waals surface area contributed by atoms with Crippen LogP contribution in [0.15, 0.2) is 66.9 Å². The molecule has 0 radical (unpaired) electrons. The highest BCUT2D eigenvalue weighted by Crippen LogP contribution is 2.38. The number of amides is 2. The van der Waals surface area contributed by atoms with Crippen LogP contribution in [-0.4, -0.2) is 30.3 Å². The molecule has 4 rings (SSSR count). The molecule has 1 aromatic heterocycles. The van der Waals surface area contributed by atoms with Crippen molar-refractivity contribution in [3.05, 3.63) is 83.0 Å². The summed E-state index contributed by atoms with van der Waals surface area (Å²) in [6.07, 6.45) is 1.61. The van der Waals surface area contributed by atoms with Crippen molar-refractivity contribution in [2.24, 2.45) is 0 Å². The average molecular weight is 558 g/mol. The van der Waals surface area contributed by atoms with Crippen molar-refractivity contribution >= 4 is 62.9 Å². The largest absolute Gasteiger partial charge is 0.493 e. The number of halogens is 2. The Kier molecular flexibility index (Phi) is 8.60. The molecule has 0 atom stereocenters. The molecule has 1 heterocycles. The smallest absolute Gasteiger partial charge is 0.329 e. The fraction of sp³-hybridized carbons (Fsp3) is 0.115. The normalized spacial score (nSPS) is 10.6. The summed E-state index contributed by atoms with van der Waals surface area (Å²) in [5.41, 5.74) is 2.42. The van der Waals surface area contributed by atoms with Crippen LogP contribution in [0, 0.1) is 0 Å². The first-order chi connectivity index (χ1) is 17.9. The van der Waals surface area contributed by atoms with E-state index in [-0.39, 0.29) is 10.1 Å². The Morgan fingerprint density at radius 1 is 0.919 bits per heavy atom. The van der Waals surface area contributed by atoms with Gasteiger partial charge in [-0.05, 0) is 35.9 Å². The third-order valence-corrected chi connectivity index (χ3v) is 6.51. The van der Waals surface area contributed by atoms with Crippen LogP contribution in [0.5, 0.6) is 23.0 Å². The van der Waals surface area contributed by atoms with Gasteiger partial charge < -0.3 is 19.5 Å². The highest BCUT2D eigenvalue weighted by molar-refractivity contribution is 8.12. The molecule has 0 bridgehead atoms. The van der Waals surface area contributed by atoms with E-state index < -0.39 is 6.03 Å². The SMILES string of the molecule is COc1cc2nccc(Oc3ccc(NC(=O)NSC(=O)c4ccc(CCl)cc4)cc3Cl)c2cc1OC. The summed E-state index contributed by atoms with van der Waals surface area (Å²) in [6.45, 7) is 0. The first-order valence-electron chi connectivity index (χ1n) is 10.8. The van der Waals surface area contributed by atoms with Crippen LogP contribution >= 0.6 is 35.1 Å². The fourth-order valence-electron chi connectivity index (χ4n) is 3.35. The molecule has 8 nitrogen and oxygen atoms in total. The second kappa shape index (κ2) is 12.1. The Morgan fingerprint density at radius 3 is 2.32 bits per heavy atom. The van der Waals surface area contributed by atoms with Crippen LogP contribution in [0.4, 0.5) is 10.5 Å². The molecule has 0 unspecified atom stereocenters. The number of hydrogen-bond donors (Lipinski definition) is 2. The third kappa shape index (κ3) is 6.37. The van der Waals surface area contributed by atoms with Crippen LogP contribution < -0.4 is 24.2 Å². The number of pyridine rings is 1. The standard InChI is InChI=1S/C26H21Cl2N3O5S/c1-34-23-12-18-20(13-24(23)35-2)29-10-9-21(18)36-22-8-7-17(11-19(22)28)30-26(33)31-37-25(32)16-5-3-15(14-27)4-6-16/h3-13H,14H2,1-2H3,(H2,30,31,33). The number of carbonyl (C=O) groups is 2. The molecule has 0 spiro atoms. The lowest BCUT2D eigenvalue weighted by Gasteiger charge is -2.13. The molecule has 190 valence electrons. The summed E-state index contributed by atoms with van der Waals surface area (Å²) in [5, 5.41) is 3.30. The topological polar surface area (TPSA) is 98.8 Å². The van der Waals surface area contributed by atoms with Crippen molar-refractivity contribution in [3.63, 3.8) is 0 Å². The lowest BCUT2D eigenvalue weighted by Crippen LogP contribution is -2.24. The summed E-state index contributed by atoms with van der Waals surface area (Å²) < 4.78 is 19.2. The van der Waals surface area contributed by atoms with Gasteiger partial charge >= 0.3 is 6.03 Å². The van der Waals surface area contributed by atoms with E-state index in [1.165, 1.54) is 0 Å². The van der Waals surface area contributed by atoms with E-state index >= 15 is 0 Å². The maximum atomic E-state index is 12.3. The van der Waals surface area contributed by atoms with Crippen LogP contribution in [-0.2, 0) is 5.88 Å². The molecular formula is C26H21Cl2N3O5S. The summed E-state index contributed by atoms with van der Waals surface area (Å²) in [4.78, 5) is 28.9. The highest BCUT2D eigenvalue weighted by atomic mass is 35.5. The minimum absolute atomic E-state index is 0.270. The number of ether oxygens (including phenoxy) is 3. The number of nitrogens with one attached hydrogen (secondary N) is 2. The Balaban J connectivity index is 1.41. The molecule has 2 N–H and O–H groups in total. The summed E-state index contributed by atoms with van der Waals surface area (Å²) in [7, 11) is 3.10. The maximum Gasteiger partial charge on any atom is 0.329 e. The zero-order valence-corrected chi connectivity index (χ0v) is 22.0. The lowest BCUT2D eigenvalue weighted by atomic mass is 10.2. The Bertz CT molecular complexity index is 1450. The van der Waals surface area contributed by atoms with E-state index in [1.54, 1.807) is 81.1 Å². The van der Waals surface area contributed by atoms with Gasteiger partial charge in [0.1, 0.15) is 11.5 Å². The zero-order chi connectivity index (χ0) is 26.4. The summed E-state index contributed by atoms with van der Waals surface area (Å²) in [5.74, 6) is 2.33. The van der Waals surface area contributed by atoms with Gasteiger partial charge in [-0.3, -0.25) is 14.5 Å². The molecule has 0 aliphatic rings. The number of alkyl halides is 1. The number of nitrogens with zero attached hydrogens (tertiary/aromatic N) is 1. The fourth-order valence-corrected chi connectivity index (χ4v) is 4.24. The molecular weight excluding hydrogens is 537 g/mol.